The molecule has 1 aliphatic carbocycles. The molecule has 3 heteroatoms. The van der Waals surface area contributed by atoms with Crippen molar-refractivity contribution >= 4 is 17.3 Å². The number of rotatable bonds is 3. The molecule has 2 rings (SSSR count). The molecule has 3 nitrogen and oxygen atoms in total. The topological polar surface area (TPSA) is 51.2 Å². The zero-order valence-electron chi connectivity index (χ0n) is 13.2. The van der Waals surface area contributed by atoms with Crippen LogP contribution in [0, 0.1) is 20.8 Å². The van der Waals surface area contributed by atoms with E-state index in [1.165, 1.54) is 0 Å². The third kappa shape index (κ3) is 2.97. The monoisotopic (exact) mass is 286 g/mol. The van der Waals surface area contributed by atoms with Gasteiger partial charge in [-0.2, -0.15) is 0 Å². The molecule has 1 fully saturated rings. The van der Waals surface area contributed by atoms with Gasteiger partial charge in [-0.1, -0.05) is 13.0 Å². The Bertz CT molecular complexity index is 610. The van der Waals surface area contributed by atoms with Gasteiger partial charge in [-0.15, -0.1) is 0 Å². The molecule has 0 saturated heterocycles. The molecule has 112 valence electrons. The van der Waals surface area contributed by atoms with Crippen molar-refractivity contribution in [1.29, 1.82) is 0 Å². The molecule has 21 heavy (non-hydrogen) atoms. The molecule has 0 N–H and O–H groups in total. The zero-order chi connectivity index (χ0) is 15.7. The van der Waals surface area contributed by atoms with Gasteiger partial charge >= 0.3 is 0 Å². The first-order valence-corrected chi connectivity index (χ1v) is 7.52. The summed E-state index contributed by atoms with van der Waals surface area (Å²) in [7, 11) is 0. The quantitative estimate of drug-likeness (QED) is 0.630. The molecule has 1 aliphatic rings. The van der Waals surface area contributed by atoms with Crippen molar-refractivity contribution in [2.45, 2.75) is 59.3 Å². The van der Waals surface area contributed by atoms with Crippen molar-refractivity contribution in [3.05, 3.63) is 33.9 Å². The Labute approximate surface area is 125 Å². The summed E-state index contributed by atoms with van der Waals surface area (Å²) in [5.74, 6) is 0.0838. The van der Waals surface area contributed by atoms with Gasteiger partial charge in [0.1, 0.15) is 11.6 Å². The van der Waals surface area contributed by atoms with Gasteiger partial charge in [-0.05, 0) is 48.9 Å². The van der Waals surface area contributed by atoms with Crippen molar-refractivity contribution in [2.24, 2.45) is 0 Å². The second-order valence-electron chi connectivity index (χ2n) is 6.06. The van der Waals surface area contributed by atoms with E-state index in [4.69, 9.17) is 0 Å². The number of Topliss-reactive ketones (excluding diaryl/α,β-unsaturated/α-hetero) is 3. The number of carbonyl (C=O) groups excluding carboxylic acids is 3. The van der Waals surface area contributed by atoms with Gasteiger partial charge in [0, 0.05) is 24.8 Å². The zero-order valence-corrected chi connectivity index (χ0v) is 13.2. The van der Waals surface area contributed by atoms with Gasteiger partial charge in [-0.25, -0.2) is 0 Å². The third-order valence-electron chi connectivity index (χ3n) is 4.38. The van der Waals surface area contributed by atoms with E-state index < -0.39 is 0 Å². The predicted molar refractivity (Wildman–Crippen MR) is 81.9 cm³/mol. The van der Waals surface area contributed by atoms with E-state index in [-0.39, 0.29) is 29.7 Å². The summed E-state index contributed by atoms with van der Waals surface area (Å²) < 4.78 is 0. The normalized spacial score (nSPS) is 16.4. The minimum absolute atomic E-state index is 0.0130. The lowest BCUT2D eigenvalue weighted by Gasteiger charge is -2.26. The lowest BCUT2D eigenvalue weighted by Crippen LogP contribution is -2.23. The van der Waals surface area contributed by atoms with Crippen LogP contribution < -0.4 is 0 Å². The van der Waals surface area contributed by atoms with Gasteiger partial charge < -0.3 is 0 Å². The van der Waals surface area contributed by atoms with Crippen LogP contribution in [0.15, 0.2) is 6.07 Å². The Hall–Kier alpha value is -1.77. The molecule has 1 saturated carbocycles. The van der Waals surface area contributed by atoms with Crippen LogP contribution in [0.2, 0.25) is 0 Å². The fraction of sp³-hybridized carbons (Fsp3) is 0.500. The first kappa shape index (κ1) is 15.6. The summed E-state index contributed by atoms with van der Waals surface area (Å²) in [6.45, 7) is 7.75. The Morgan fingerprint density at radius 2 is 1.67 bits per heavy atom. The third-order valence-corrected chi connectivity index (χ3v) is 4.38. The lowest BCUT2D eigenvalue weighted by molar-refractivity contribution is -0.130. The van der Waals surface area contributed by atoms with Crippen LogP contribution in [0.3, 0.4) is 0 Å². The van der Waals surface area contributed by atoms with E-state index in [1.807, 2.05) is 33.8 Å². The molecule has 1 aromatic rings. The largest absolute Gasteiger partial charge is 0.299 e. The highest BCUT2D eigenvalue weighted by Gasteiger charge is 2.30. The van der Waals surface area contributed by atoms with Crippen LogP contribution in [-0.2, 0) is 9.59 Å². The molecule has 0 unspecified atom stereocenters. The van der Waals surface area contributed by atoms with Gasteiger partial charge in [0.2, 0.25) is 0 Å². The average Bonchev–Trinajstić information content (AvgIpc) is 2.36. The summed E-state index contributed by atoms with van der Waals surface area (Å²) >= 11 is 0. The SMILES string of the molecule is CCC(=O)c1c(C)cc(C)c(C2CC(=O)CC(=O)C2)c1C. The molecule has 0 heterocycles. The number of hydrogen-bond acceptors (Lipinski definition) is 3. The fourth-order valence-corrected chi connectivity index (χ4v) is 3.63. The van der Waals surface area contributed by atoms with E-state index in [0.29, 0.717) is 19.3 Å². The van der Waals surface area contributed by atoms with Crippen molar-refractivity contribution in [3.8, 4) is 0 Å². The minimum atomic E-state index is -0.0669. The number of hydrogen-bond donors (Lipinski definition) is 0. The summed E-state index contributed by atoms with van der Waals surface area (Å²) in [5.41, 5.74) is 4.80. The summed E-state index contributed by atoms with van der Waals surface area (Å²) in [4.78, 5) is 35.7. The Morgan fingerprint density at radius 3 is 2.19 bits per heavy atom. The highest BCUT2D eigenvalue weighted by molar-refractivity contribution is 6.03. The van der Waals surface area contributed by atoms with Crippen LogP contribution in [0.1, 0.15) is 71.1 Å². The second kappa shape index (κ2) is 5.92. The molecule has 0 amide bonds. The molecule has 0 atom stereocenters. The van der Waals surface area contributed by atoms with Crippen LogP contribution in [0.5, 0.6) is 0 Å². The molecule has 0 bridgehead atoms. The average molecular weight is 286 g/mol. The molecule has 0 radical (unpaired) electrons. The van der Waals surface area contributed by atoms with Gasteiger partial charge in [0.15, 0.2) is 5.78 Å². The van der Waals surface area contributed by atoms with Crippen LogP contribution in [0.25, 0.3) is 0 Å². The predicted octanol–water partition coefficient (Wildman–Crippen LogP) is 3.61. The van der Waals surface area contributed by atoms with Gasteiger partial charge in [-0.3, -0.25) is 14.4 Å². The molecule has 1 aromatic carbocycles. The van der Waals surface area contributed by atoms with Crippen LogP contribution in [-0.4, -0.2) is 17.3 Å². The van der Waals surface area contributed by atoms with Gasteiger partial charge in [0.25, 0.3) is 0 Å². The Balaban J connectivity index is 2.55. The summed E-state index contributed by atoms with van der Waals surface area (Å²) in [5, 5.41) is 0. The standard InChI is InChI=1S/C18H22O3/c1-5-16(21)18-11(3)6-10(2)17(12(18)4)13-7-14(19)9-15(20)8-13/h6,13H,5,7-9H2,1-4H3. The van der Waals surface area contributed by atoms with Crippen molar-refractivity contribution in [1.82, 2.24) is 0 Å². The van der Waals surface area contributed by atoms with E-state index in [0.717, 1.165) is 27.8 Å². The Kier molecular flexibility index (Phi) is 4.40. The van der Waals surface area contributed by atoms with E-state index >= 15 is 0 Å². The first-order chi connectivity index (χ1) is 9.85. The second-order valence-corrected chi connectivity index (χ2v) is 6.06. The smallest absolute Gasteiger partial charge is 0.163 e. The number of carbonyl (C=O) groups is 3. The number of ketones is 3. The molecular formula is C18H22O3. The highest BCUT2D eigenvalue weighted by Crippen LogP contribution is 2.36. The van der Waals surface area contributed by atoms with Crippen molar-refractivity contribution in [3.63, 3.8) is 0 Å². The van der Waals surface area contributed by atoms with Crippen LogP contribution in [0.4, 0.5) is 0 Å². The van der Waals surface area contributed by atoms with E-state index in [2.05, 4.69) is 0 Å². The van der Waals surface area contributed by atoms with Crippen LogP contribution >= 0.6 is 0 Å². The first-order valence-electron chi connectivity index (χ1n) is 7.52. The maximum absolute atomic E-state index is 12.2. The molecule has 0 spiro atoms. The maximum Gasteiger partial charge on any atom is 0.163 e. The lowest BCUT2D eigenvalue weighted by atomic mass is 9.77. The molecule has 0 aromatic heterocycles. The minimum Gasteiger partial charge on any atom is -0.299 e. The van der Waals surface area contributed by atoms with Crippen molar-refractivity contribution < 1.29 is 14.4 Å². The Morgan fingerprint density at radius 1 is 1.10 bits per heavy atom. The molecule has 0 aliphatic heterocycles. The summed E-state index contributed by atoms with van der Waals surface area (Å²) in [6.07, 6.45) is 1.36. The molecular weight excluding hydrogens is 264 g/mol. The van der Waals surface area contributed by atoms with E-state index in [1.54, 1.807) is 0 Å². The summed E-state index contributed by atoms with van der Waals surface area (Å²) in [6, 6.07) is 2.01. The van der Waals surface area contributed by atoms with E-state index in [9.17, 15) is 14.4 Å². The fourth-order valence-electron chi connectivity index (χ4n) is 3.63. The number of benzene rings is 1. The maximum atomic E-state index is 12.2. The van der Waals surface area contributed by atoms with Crippen molar-refractivity contribution in [2.75, 3.05) is 0 Å². The number of aryl methyl sites for hydroxylation is 2. The highest BCUT2D eigenvalue weighted by atomic mass is 16.1. The van der Waals surface area contributed by atoms with Gasteiger partial charge in [0.05, 0.1) is 6.42 Å².